The first-order valence-corrected chi connectivity index (χ1v) is 8.90. The first-order chi connectivity index (χ1) is 9.48. The molecule has 0 atom stereocenters. The van der Waals surface area contributed by atoms with Crippen LogP contribution >= 0.6 is 0 Å². The van der Waals surface area contributed by atoms with Gasteiger partial charge in [-0.05, 0) is 6.42 Å². The van der Waals surface area contributed by atoms with Crippen LogP contribution < -0.4 is 0 Å². The third-order valence-electron chi connectivity index (χ3n) is 2.94. The van der Waals surface area contributed by atoms with Crippen LogP contribution in [0.5, 0.6) is 0 Å². The first kappa shape index (κ1) is 23.6. The van der Waals surface area contributed by atoms with Crippen LogP contribution in [0.25, 0.3) is 0 Å². The Labute approximate surface area is 151 Å². The SMILES string of the molecule is CCCCCCCCCCCCOS(=O)(=O)OC(C)=O.[NaH]. The molecule has 0 aliphatic rings. The predicted octanol–water partition coefficient (Wildman–Crippen LogP) is 3.08. The molecule has 0 rings (SSSR count). The van der Waals surface area contributed by atoms with Gasteiger partial charge in [0.1, 0.15) is 0 Å². The molecule has 0 aromatic carbocycles. The Morgan fingerprint density at radius 3 is 1.71 bits per heavy atom. The van der Waals surface area contributed by atoms with E-state index in [-0.39, 0.29) is 36.2 Å². The molecule has 0 unspecified atom stereocenters. The van der Waals surface area contributed by atoms with E-state index in [1.54, 1.807) is 0 Å². The molecule has 0 aliphatic carbocycles. The number of unbranched alkanes of at least 4 members (excludes halogenated alkanes) is 9. The molecule has 0 aromatic rings. The van der Waals surface area contributed by atoms with Gasteiger partial charge in [-0.15, -0.1) is 0 Å². The van der Waals surface area contributed by atoms with Crippen molar-refractivity contribution in [3.05, 3.63) is 0 Å². The van der Waals surface area contributed by atoms with Gasteiger partial charge in [0.15, 0.2) is 0 Å². The van der Waals surface area contributed by atoms with Crippen molar-refractivity contribution in [2.45, 2.75) is 78.1 Å². The zero-order valence-corrected chi connectivity index (χ0v) is 13.5. The molecule has 21 heavy (non-hydrogen) atoms. The molecular formula is C14H29NaO5S. The Kier molecular flexibility index (Phi) is 17.2. The van der Waals surface area contributed by atoms with Gasteiger partial charge in [0.25, 0.3) is 0 Å². The molecule has 0 aromatic heterocycles. The first-order valence-electron chi connectivity index (χ1n) is 7.57. The van der Waals surface area contributed by atoms with Crippen molar-refractivity contribution in [2.75, 3.05) is 6.61 Å². The fourth-order valence-electron chi connectivity index (χ4n) is 1.92. The average Bonchev–Trinajstić information content (AvgIpc) is 2.34. The topological polar surface area (TPSA) is 69.7 Å². The van der Waals surface area contributed by atoms with Crippen LogP contribution in [0.1, 0.15) is 78.1 Å². The standard InChI is InChI=1S/C14H28O5S.Na.H/c1-3-4-5-6-7-8-9-10-11-12-13-18-20(16,17)19-14(2)15;;/h3-13H2,1-2H3;;. The Morgan fingerprint density at radius 1 is 0.857 bits per heavy atom. The van der Waals surface area contributed by atoms with Crippen LogP contribution in [0, 0.1) is 0 Å². The van der Waals surface area contributed by atoms with Gasteiger partial charge in [-0.25, -0.2) is 4.18 Å². The van der Waals surface area contributed by atoms with Gasteiger partial charge in [-0.2, -0.15) is 8.42 Å². The summed E-state index contributed by atoms with van der Waals surface area (Å²) in [4.78, 5) is 10.5. The second kappa shape index (κ2) is 15.3. The summed E-state index contributed by atoms with van der Waals surface area (Å²) in [6.45, 7) is 3.32. The molecule has 0 saturated heterocycles. The number of rotatable bonds is 13. The molecule has 0 fully saturated rings. The number of carbonyl (C=O) groups is 1. The van der Waals surface area contributed by atoms with E-state index in [4.69, 9.17) is 0 Å². The van der Waals surface area contributed by atoms with Crippen molar-refractivity contribution in [3.63, 3.8) is 0 Å². The fraction of sp³-hybridized carbons (Fsp3) is 0.929. The maximum atomic E-state index is 11.0. The molecule has 0 spiro atoms. The van der Waals surface area contributed by atoms with Gasteiger partial charge in [0.05, 0.1) is 6.61 Å². The Morgan fingerprint density at radius 2 is 1.29 bits per heavy atom. The van der Waals surface area contributed by atoms with Crippen molar-refractivity contribution >= 4 is 45.9 Å². The van der Waals surface area contributed by atoms with E-state index in [0.717, 1.165) is 19.8 Å². The second-order valence-corrected chi connectivity index (χ2v) is 6.21. The van der Waals surface area contributed by atoms with E-state index in [1.807, 2.05) is 0 Å². The molecule has 122 valence electrons. The number of hydrogen-bond acceptors (Lipinski definition) is 5. The summed E-state index contributed by atoms with van der Waals surface area (Å²) in [5.74, 6) is -0.881. The van der Waals surface area contributed by atoms with Crippen LogP contribution in [0.4, 0.5) is 0 Å². The third-order valence-corrected chi connectivity index (χ3v) is 3.84. The minimum atomic E-state index is -4.14. The van der Waals surface area contributed by atoms with Gasteiger partial charge in [0.2, 0.25) is 0 Å². The van der Waals surface area contributed by atoms with Gasteiger partial charge >= 0.3 is 45.9 Å². The van der Waals surface area contributed by atoms with E-state index in [1.165, 1.54) is 44.9 Å². The van der Waals surface area contributed by atoms with E-state index in [0.29, 0.717) is 6.42 Å². The van der Waals surface area contributed by atoms with E-state index >= 15 is 0 Å². The number of carbonyl (C=O) groups excluding carboxylic acids is 1. The molecule has 0 aliphatic heterocycles. The number of hydrogen-bond donors (Lipinski definition) is 0. The molecule has 0 heterocycles. The molecule has 0 N–H and O–H groups in total. The third kappa shape index (κ3) is 18.3. The van der Waals surface area contributed by atoms with E-state index < -0.39 is 16.4 Å². The van der Waals surface area contributed by atoms with Crippen LogP contribution in [0.3, 0.4) is 0 Å². The summed E-state index contributed by atoms with van der Waals surface area (Å²) in [5.41, 5.74) is 0. The zero-order valence-electron chi connectivity index (χ0n) is 12.7. The van der Waals surface area contributed by atoms with Gasteiger partial charge in [0, 0.05) is 6.92 Å². The molecule has 5 nitrogen and oxygen atoms in total. The van der Waals surface area contributed by atoms with Gasteiger partial charge in [-0.1, -0.05) is 64.7 Å². The second-order valence-electron chi connectivity index (χ2n) is 4.99. The zero-order chi connectivity index (χ0) is 15.3. The van der Waals surface area contributed by atoms with E-state index in [9.17, 15) is 13.2 Å². The minimum absolute atomic E-state index is 0. The van der Waals surface area contributed by atoms with Gasteiger partial charge in [-0.3, -0.25) is 4.79 Å². The summed E-state index contributed by atoms with van der Waals surface area (Å²) in [7, 11) is -4.14. The quantitative estimate of drug-likeness (QED) is 0.383. The summed E-state index contributed by atoms with van der Waals surface area (Å²) in [5, 5.41) is 0. The van der Waals surface area contributed by atoms with Gasteiger partial charge < -0.3 is 4.18 Å². The van der Waals surface area contributed by atoms with Crippen molar-refractivity contribution in [1.29, 1.82) is 0 Å². The van der Waals surface area contributed by atoms with Crippen molar-refractivity contribution in [1.82, 2.24) is 0 Å². The van der Waals surface area contributed by atoms with Crippen LogP contribution in [0.15, 0.2) is 0 Å². The molecule has 0 saturated carbocycles. The summed E-state index contributed by atoms with van der Waals surface area (Å²) >= 11 is 0. The summed E-state index contributed by atoms with van der Waals surface area (Å²) in [6, 6.07) is 0. The predicted molar refractivity (Wildman–Crippen MR) is 85.6 cm³/mol. The molecule has 7 heteroatoms. The fourth-order valence-corrected chi connectivity index (χ4v) is 2.58. The molecule has 0 bridgehead atoms. The van der Waals surface area contributed by atoms with Crippen molar-refractivity contribution in [3.8, 4) is 0 Å². The molecule has 0 amide bonds. The summed E-state index contributed by atoms with van der Waals surface area (Å²) in [6.07, 6.45) is 11.7. The maximum absolute atomic E-state index is 11.0. The van der Waals surface area contributed by atoms with Crippen molar-refractivity contribution < 1.29 is 21.6 Å². The normalized spacial score (nSPS) is 11.0. The molecular weight excluding hydrogens is 303 g/mol. The average molecular weight is 332 g/mol. The van der Waals surface area contributed by atoms with E-state index in [2.05, 4.69) is 15.3 Å². The Balaban J connectivity index is 0. The molecule has 0 radical (unpaired) electrons. The Bertz CT molecular complexity index is 343. The monoisotopic (exact) mass is 332 g/mol. The van der Waals surface area contributed by atoms with Crippen LogP contribution in [0.2, 0.25) is 0 Å². The van der Waals surface area contributed by atoms with Crippen molar-refractivity contribution in [2.24, 2.45) is 0 Å². The van der Waals surface area contributed by atoms with Crippen LogP contribution in [-0.2, 0) is 23.6 Å². The van der Waals surface area contributed by atoms with Crippen LogP contribution in [-0.4, -0.2) is 50.6 Å². The Hall–Kier alpha value is 0.380. The summed E-state index contributed by atoms with van der Waals surface area (Å²) < 4.78 is 30.7.